The Labute approximate surface area is 126 Å². The smallest absolute Gasteiger partial charge is 0.322 e. The van der Waals surface area contributed by atoms with Gasteiger partial charge in [-0.15, -0.1) is 0 Å². The molecule has 120 valence electrons. The number of hydrogen-bond acceptors (Lipinski definition) is 3. The minimum absolute atomic E-state index is 0.00329. The molecule has 2 aliphatic rings. The summed E-state index contributed by atoms with van der Waals surface area (Å²) in [4.78, 5) is 23.0. The molecule has 2 saturated heterocycles. The number of carbonyl (C=O) groups is 2. The largest absolute Gasteiger partial charge is 0.326 e. The number of hydrogen-bond donors (Lipinski definition) is 2. The minimum Gasteiger partial charge on any atom is -0.326 e. The molecule has 0 radical (unpaired) electrons. The van der Waals surface area contributed by atoms with Crippen molar-refractivity contribution in [2.75, 3.05) is 6.16 Å². The fourth-order valence-corrected chi connectivity index (χ4v) is 8.10. The molecule has 0 spiro atoms. The van der Waals surface area contributed by atoms with Gasteiger partial charge in [-0.2, -0.15) is 0 Å². The normalized spacial score (nSPS) is 33.1. The van der Waals surface area contributed by atoms with Gasteiger partial charge in [0, 0.05) is 23.9 Å². The van der Waals surface area contributed by atoms with Crippen molar-refractivity contribution in [3.05, 3.63) is 0 Å². The van der Waals surface area contributed by atoms with Crippen LogP contribution in [0.5, 0.6) is 0 Å². The van der Waals surface area contributed by atoms with Gasteiger partial charge >= 0.3 is 6.03 Å². The number of carbonyl (C=O) groups excluding carboxylic acids is 2. The second kappa shape index (κ2) is 6.09. The van der Waals surface area contributed by atoms with E-state index in [0.29, 0.717) is 6.42 Å². The standard InChI is InChI=1S/C14H26N3O3P/c1-9(2)17(10(3)4)21(20)7-5-6-11(21)8-12-13(18)16-14(19)15-12/h9-12H,5-8H2,1-4H3,(H2,15,16,18,19). The molecular formula is C14H26N3O3P. The van der Waals surface area contributed by atoms with Crippen molar-refractivity contribution >= 4 is 19.2 Å². The zero-order valence-electron chi connectivity index (χ0n) is 13.3. The van der Waals surface area contributed by atoms with Crippen LogP contribution in [0.3, 0.4) is 0 Å². The molecule has 2 fully saturated rings. The Balaban J connectivity index is 2.17. The lowest BCUT2D eigenvalue weighted by Gasteiger charge is -2.39. The van der Waals surface area contributed by atoms with Crippen molar-refractivity contribution < 1.29 is 14.2 Å². The Morgan fingerprint density at radius 3 is 2.33 bits per heavy atom. The van der Waals surface area contributed by atoms with Crippen molar-refractivity contribution in [2.24, 2.45) is 0 Å². The Kier molecular flexibility index (Phi) is 4.79. The highest BCUT2D eigenvalue weighted by Gasteiger charge is 2.47. The number of nitrogens with one attached hydrogen (secondary N) is 2. The van der Waals surface area contributed by atoms with E-state index in [1.807, 2.05) is 0 Å². The number of nitrogens with zero attached hydrogens (tertiary/aromatic N) is 1. The predicted molar refractivity (Wildman–Crippen MR) is 82.7 cm³/mol. The van der Waals surface area contributed by atoms with Gasteiger partial charge in [-0.25, -0.2) is 9.46 Å². The molecule has 0 aromatic rings. The average molecular weight is 315 g/mol. The van der Waals surface area contributed by atoms with Crippen LogP contribution in [0, 0.1) is 0 Å². The maximum absolute atomic E-state index is 13.6. The van der Waals surface area contributed by atoms with Gasteiger partial charge in [0.2, 0.25) is 0 Å². The maximum Gasteiger partial charge on any atom is 0.322 e. The van der Waals surface area contributed by atoms with Gasteiger partial charge in [0.25, 0.3) is 5.91 Å². The van der Waals surface area contributed by atoms with Crippen LogP contribution < -0.4 is 10.6 Å². The SMILES string of the molecule is CC(C)N(C(C)C)P1(=O)CCCC1CC1NC(=O)NC1=O. The lowest BCUT2D eigenvalue weighted by molar-refractivity contribution is -0.120. The third-order valence-electron chi connectivity index (χ3n) is 4.40. The van der Waals surface area contributed by atoms with Crippen molar-refractivity contribution in [3.63, 3.8) is 0 Å². The summed E-state index contributed by atoms with van der Waals surface area (Å²) in [5.74, 6) is -0.293. The van der Waals surface area contributed by atoms with Crippen LogP contribution in [0.15, 0.2) is 0 Å². The number of rotatable bonds is 5. The molecule has 0 aromatic heterocycles. The molecule has 0 aliphatic carbocycles. The number of urea groups is 1. The predicted octanol–water partition coefficient (Wildman–Crippen LogP) is 2.14. The monoisotopic (exact) mass is 315 g/mol. The van der Waals surface area contributed by atoms with E-state index in [1.165, 1.54) is 0 Å². The van der Waals surface area contributed by atoms with Gasteiger partial charge in [0.15, 0.2) is 7.29 Å². The first-order valence-corrected chi connectivity index (χ1v) is 9.66. The summed E-state index contributed by atoms with van der Waals surface area (Å²) < 4.78 is 15.7. The van der Waals surface area contributed by atoms with E-state index in [9.17, 15) is 14.2 Å². The van der Waals surface area contributed by atoms with E-state index in [4.69, 9.17) is 0 Å². The molecule has 3 amide bonds. The summed E-state index contributed by atoms with van der Waals surface area (Å²) in [6.07, 6.45) is 2.99. The van der Waals surface area contributed by atoms with E-state index < -0.39 is 19.4 Å². The summed E-state index contributed by atoms with van der Waals surface area (Å²) in [6.45, 7) is 8.27. The molecular weight excluding hydrogens is 289 g/mol. The van der Waals surface area contributed by atoms with Crippen LogP contribution in [0.4, 0.5) is 4.79 Å². The summed E-state index contributed by atoms with van der Waals surface area (Å²) in [6, 6.07) is -0.552. The van der Waals surface area contributed by atoms with Crippen LogP contribution in [0.1, 0.15) is 47.0 Å². The van der Waals surface area contributed by atoms with Crippen molar-refractivity contribution in [2.45, 2.75) is 70.7 Å². The van der Waals surface area contributed by atoms with Crippen LogP contribution in [0.2, 0.25) is 0 Å². The molecule has 7 heteroatoms. The summed E-state index contributed by atoms with van der Waals surface area (Å²) in [5, 5.41) is 4.88. The highest BCUT2D eigenvalue weighted by Crippen LogP contribution is 2.63. The third kappa shape index (κ3) is 3.16. The van der Waals surface area contributed by atoms with Gasteiger partial charge in [0.05, 0.1) is 0 Å². The summed E-state index contributed by atoms with van der Waals surface area (Å²) >= 11 is 0. The Morgan fingerprint density at radius 2 is 1.86 bits per heavy atom. The van der Waals surface area contributed by atoms with E-state index in [-0.39, 0.29) is 23.6 Å². The Bertz CT molecular complexity index is 470. The average Bonchev–Trinajstić information content (AvgIpc) is 2.83. The molecule has 2 heterocycles. The van der Waals surface area contributed by atoms with Crippen LogP contribution in [-0.4, -0.2) is 46.6 Å². The van der Waals surface area contributed by atoms with Gasteiger partial charge in [-0.1, -0.05) is 0 Å². The van der Waals surface area contributed by atoms with Crippen LogP contribution in [-0.2, 0) is 9.36 Å². The van der Waals surface area contributed by atoms with Crippen molar-refractivity contribution in [1.82, 2.24) is 15.3 Å². The molecule has 3 unspecified atom stereocenters. The zero-order valence-corrected chi connectivity index (χ0v) is 14.2. The summed E-state index contributed by atoms with van der Waals surface area (Å²) in [7, 11) is -2.50. The number of amides is 3. The molecule has 0 aromatic carbocycles. The fraction of sp³-hybridized carbons (Fsp3) is 0.857. The second-order valence-electron chi connectivity index (χ2n) is 6.59. The second-order valence-corrected chi connectivity index (χ2v) is 9.74. The van der Waals surface area contributed by atoms with Crippen LogP contribution >= 0.6 is 7.29 Å². The zero-order chi connectivity index (χ0) is 15.8. The first kappa shape index (κ1) is 16.5. The lowest BCUT2D eigenvalue weighted by Crippen LogP contribution is -2.39. The molecule has 3 atom stereocenters. The van der Waals surface area contributed by atoms with Gasteiger partial charge in [-0.3, -0.25) is 10.1 Å². The summed E-state index contributed by atoms with van der Waals surface area (Å²) in [5.41, 5.74) is -0.00329. The minimum atomic E-state index is -2.50. The quantitative estimate of drug-likeness (QED) is 0.602. The van der Waals surface area contributed by atoms with Gasteiger partial charge < -0.3 is 9.88 Å². The molecule has 0 saturated carbocycles. The maximum atomic E-state index is 13.6. The van der Waals surface area contributed by atoms with E-state index in [0.717, 1.165) is 19.0 Å². The fourth-order valence-electron chi connectivity index (χ4n) is 3.80. The molecule has 2 N–H and O–H groups in total. The first-order chi connectivity index (χ1) is 9.75. The van der Waals surface area contributed by atoms with E-state index in [2.05, 4.69) is 43.0 Å². The lowest BCUT2D eigenvalue weighted by atomic mass is 10.1. The van der Waals surface area contributed by atoms with Gasteiger partial charge in [0.1, 0.15) is 6.04 Å². The molecule has 21 heavy (non-hydrogen) atoms. The van der Waals surface area contributed by atoms with Gasteiger partial charge in [-0.05, 0) is 47.0 Å². The Hall–Kier alpha value is -0.870. The molecule has 2 rings (SSSR count). The highest BCUT2D eigenvalue weighted by molar-refractivity contribution is 7.62. The first-order valence-electron chi connectivity index (χ1n) is 7.74. The number of imide groups is 1. The molecule has 6 nitrogen and oxygen atoms in total. The van der Waals surface area contributed by atoms with Crippen molar-refractivity contribution in [1.29, 1.82) is 0 Å². The topological polar surface area (TPSA) is 78.5 Å². The van der Waals surface area contributed by atoms with E-state index in [1.54, 1.807) is 0 Å². The highest BCUT2D eigenvalue weighted by atomic mass is 31.2. The molecule has 2 aliphatic heterocycles. The van der Waals surface area contributed by atoms with Crippen molar-refractivity contribution in [3.8, 4) is 0 Å². The van der Waals surface area contributed by atoms with E-state index >= 15 is 0 Å². The van der Waals surface area contributed by atoms with Crippen LogP contribution in [0.25, 0.3) is 0 Å². The third-order valence-corrected chi connectivity index (χ3v) is 8.67. The molecule has 0 bridgehead atoms. The Morgan fingerprint density at radius 1 is 1.24 bits per heavy atom.